The van der Waals surface area contributed by atoms with E-state index in [0.29, 0.717) is 6.42 Å². The highest BCUT2D eigenvalue weighted by atomic mass is 16.1. The van der Waals surface area contributed by atoms with Crippen LogP contribution in [-0.4, -0.2) is 6.29 Å². The van der Waals surface area contributed by atoms with Crippen LogP contribution in [0.25, 0.3) is 0 Å². The second-order valence-corrected chi connectivity index (χ2v) is 6.70. The zero-order valence-corrected chi connectivity index (χ0v) is 12.2. The van der Waals surface area contributed by atoms with Gasteiger partial charge in [-0.2, -0.15) is 0 Å². The lowest BCUT2D eigenvalue weighted by Crippen LogP contribution is -2.20. The molecule has 0 radical (unpaired) electrons. The summed E-state index contributed by atoms with van der Waals surface area (Å²) in [5.74, 6) is 1.60. The van der Waals surface area contributed by atoms with Crippen molar-refractivity contribution in [3.63, 3.8) is 0 Å². The molecule has 2 aliphatic rings. The molecule has 2 unspecified atom stereocenters. The zero-order valence-electron chi connectivity index (χ0n) is 12.2. The number of rotatable bonds is 2. The summed E-state index contributed by atoms with van der Waals surface area (Å²) in [5.41, 5.74) is 7.55. The normalized spacial score (nSPS) is 25.6. The van der Waals surface area contributed by atoms with Crippen molar-refractivity contribution < 1.29 is 4.79 Å². The molecule has 0 saturated carbocycles. The molecule has 0 bridgehead atoms. The van der Waals surface area contributed by atoms with Crippen LogP contribution in [0.4, 0.5) is 0 Å². The molecule has 19 heavy (non-hydrogen) atoms. The third kappa shape index (κ3) is 2.35. The monoisotopic (exact) mass is 256 g/mol. The van der Waals surface area contributed by atoms with Crippen molar-refractivity contribution in [3.8, 4) is 0 Å². The van der Waals surface area contributed by atoms with Crippen molar-refractivity contribution in [2.45, 2.75) is 58.8 Å². The highest BCUT2D eigenvalue weighted by molar-refractivity contribution is 5.61. The number of carbonyl (C=O) groups excluding carboxylic acids is 1. The van der Waals surface area contributed by atoms with Crippen LogP contribution in [0.3, 0.4) is 0 Å². The van der Waals surface area contributed by atoms with Gasteiger partial charge in [0.2, 0.25) is 0 Å². The van der Waals surface area contributed by atoms with Gasteiger partial charge in [0.1, 0.15) is 6.29 Å². The standard InChI is InChI=1S/C18H24O/c1-12-3-5-16-14(9-12)11-15-10-13(2)4-6-17(15)18(16)7-8-19/h8,11-13H,3-7,9-10H2,1-2H3. The van der Waals surface area contributed by atoms with Crippen LogP contribution in [0.1, 0.15) is 54.5 Å². The molecule has 1 heteroatoms. The van der Waals surface area contributed by atoms with E-state index in [-0.39, 0.29) is 0 Å². The third-order valence-corrected chi connectivity index (χ3v) is 5.05. The molecule has 0 heterocycles. The first-order chi connectivity index (χ1) is 9.19. The van der Waals surface area contributed by atoms with Crippen molar-refractivity contribution in [2.24, 2.45) is 11.8 Å². The predicted molar refractivity (Wildman–Crippen MR) is 78.6 cm³/mol. The fourth-order valence-corrected chi connectivity index (χ4v) is 4.01. The molecule has 0 aliphatic heterocycles. The van der Waals surface area contributed by atoms with Crippen molar-refractivity contribution >= 4 is 6.29 Å². The van der Waals surface area contributed by atoms with Gasteiger partial charge < -0.3 is 4.79 Å². The van der Waals surface area contributed by atoms with E-state index in [0.717, 1.165) is 18.1 Å². The molecule has 2 atom stereocenters. The minimum Gasteiger partial charge on any atom is -0.303 e. The SMILES string of the molecule is CC1CCc2c(cc3c(c2CC=O)CCC(C)C3)C1. The van der Waals surface area contributed by atoms with Gasteiger partial charge in [0, 0.05) is 6.42 Å². The molecule has 0 spiro atoms. The van der Waals surface area contributed by atoms with Crippen molar-refractivity contribution in [3.05, 3.63) is 33.9 Å². The first-order valence-electron chi connectivity index (χ1n) is 7.78. The van der Waals surface area contributed by atoms with E-state index in [9.17, 15) is 4.79 Å². The first kappa shape index (κ1) is 12.9. The van der Waals surface area contributed by atoms with Crippen LogP contribution in [0.2, 0.25) is 0 Å². The van der Waals surface area contributed by atoms with E-state index in [1.54, 1.807) is 11.1 Å². The molecule has 0 fully saturated rings. The first-order valence-corrected chi connectivity index (χ1v) is 7.78. The summed E-state index contributed by atoms with van der Waals surface area (Å²) in [6, 6.07) is 2.48. The highest BCUT2D eigenvalue weighted by Gasteiger charge is 2.25. The Balaban J connectivity index is 2.11. The summed E-state index contributed by atoms with van der Waals surface area (Å²) >= 11 is 0. The maximum absolute atomic E-state index is 11.1. The lowest BCUT2D eigenvalue weighted by atomic mass is 9.74. The van der Waals surface area contributed by atoms with E-state index in [4.69, 9.17) is 0 Å². The van der Waals surface area contributed by atoms with Crippen molar-refractivity contribution in [2.75, 3.05) is 0 Å². The summed E-state index contributed by atoms with van der Waals surface area (Å²) in [6.45, 7) is 4.70. The Hall–Kier alpha value is -1.11. The number of aldehydes is 1. The lowest BCUT2D eigenvalue weighted by Gasteiger charge is -2.31. The van der Waals surface area contributed by atoms with Crippen molar-refractivity contribution in [1.82, 2.24) is 0 Å². The molecule has 1 aromatic carbocycles. The number of fused-ring (bicyclic) bond motifs is 2. The third-order valence-electron chi connectivity index (χ3n) is 5.05. The fraction of sp³-hybridized carbons (Fsp3) is 0.611. The van der Waals surface area contributed by atoms with Gasteiger partial charge in [-0.05, 0) is 78.2 Å². The van der Waals surface area contributed by atoms with Crippen LogP contribution in [-0.2, 0) is 36.9 Å². The topological polar surface area (TPSA) is 17.1 Å². The second kappa shape index (κ2) is 5.11. The van der Waals surface area contributed by atoms with Crippen LogP contribution >= 0.6 is 0 Å². The molecule has 0 aromatic heterocycles. The maximum Gasteiger partial charge on any atom is 0.124 e. The Labute approximate surface area is 116 Å². The Bertz CT molecular complexity index is 463. The number of benzene rings is 1. The molecule has 0 amide bonds. The van der Waals surface area contributed by atoms with Gasteiger partial charge >= 0.3 is 0 Å². The summed E-state index contributed by atoms with van der Waals surface area (Å²) in [5, 5.41) is 0. The van der Waals surface area contributed by atoms with Gasteiger partial charge in [0.05, 0.1) is 0 Å². The molecule has 1 nitrogen and oxygen atoms in total. The van der Waals surface area contributed by atoms with E-state index in [1.807, 2.05) is 0 Å². The maximum atomic E-state index is 11.1. The molecule has 2 aliphatic carbocycles. The minimum absolute atomic E-state index is 0.633. The van der Waals surface area contributed by atoms with Gasteiger partial charge in [0.15, 0.2) is 0 Å². The Morgan fingerprint density at radius 1 is 1.05 bits per heavy atom. The minimum atomic E-state index is 0.633. The molecule has 0 saturated heterocycles. The summed E-state index contributed by atoms with van der Waals surface area (Å²) in [6.07, 6.45) is 9.10. The predicted octanol–water partition coefficient (Wildman–Crippen LogP) is 3.68. The molecule has 3 rings (SSSR count). The molecule has 1 aromatic rings. The van der Waals surface area contributed by atoms with Gasteiger partial charge in [0.25, 0.3) is 0 Å². The smallest absolute Gasteiger partial charge is 0.124 e. The van der Waals surface area contributed by atoms with E-state index in [2.05, 4.69) is 19.9 Å². The summed E-state index contributed by atoms with van der Waals surface area (Å²) in [7, 11) is 0. The number of hydrogen-bond acceptors (Lipinski definition) is 1. The second-order valence-electron chi connectivity index (χ2n) is 6.70. The van der Waals surface area contributed by atoms with Crippen LogP contribution in [0, 0.1) is 11.8 Å². The average molecular weight is 256 g/mol. The lowest BCUT2D eigenvalue weighted by molar-refractivity contribution is -0.107. The van der Waals surface area contributed by atoms with Crippen LogP contribution in [0.15, 0.2) is 6.07 Å². The Morgan fingerprint density at radius 3 is 2.05 bits per heavy atom. The van der Waals surface area contributed by atoms with E-state index >= 15 is 0 Å². The fourth-order valence-electron chi connectivity index (χ4n) is 4.01. The largest absolute Gasteiger partial charge is 0.303 e. The summed E-state index contributed by atoms with van der Waals surface area (Å²) in [4.78, 5) is 11.1. The molecule has 0 N–H and O–H groups in total. The van der Waals surface area contributed by atoms with Crippen molar-refractivity contribution in [1.29, 1.82) is 0 Å². The van der Waals surface area contributed by atoms with E-state index in [1.165, 1.54) is 55.2 Å². The van der Waals surface area contributed by atoms with Crippen LogP contribution in [0.5, 0.6) is 0 Å². The molecular weight excluding hydrogens is 232 g/mol. The highest BCUT2D eigenvalue weighted by Crippen LogP contribution is 2.36. The van der Waals surface area contributed by atoms with Gasteiger partial charge in [-0.25, -0.2) is 0 Å². The van der Waals surface area contributed by atoms with Crippen LogP contribution < -0.4 is 0 Å². The summed E-state index contributed by atoms with van der Waals surface area (Å²) < 4.78 is 0. The van der Waals surface area contributed by atoms with Gasteiger partial charge in [-0.1, -0.05) is 19.9 Å². The van der Waals surface area contributed by atoms with E-state index < -0.39 is 0 Å². The Morgan fingerprint density at radius 2 is 1.58 bits per heavy atom. The number of hydrogen-bond donors (Lipinski definition) is 0. The van der Waals surface area contributed by atoms with Gasteiger partial charge in [-0.3, -0.25) is 0 Å². The Kier molecular flexibility index (Phi) is 3.47. The average Bonchev–Trinajstić information content (AvgIpc) is 2.37. The molecular formula is C18H24O. The molecule has 102 valence electrons. The van der Waals surface area contributed by atoms with Gasteiger partial charge in [-0.15, -0.1) is 0 Å². The number of carbonyl (C=O) groups is 1. The quantitative estimate of drug-likeness (QED) is 0.738. The zero-order chi connectivity index (χ0) is 13.4.